The van der Waals surface area contributed by atoms with E-state index in [0.29, 0.717) is 6.54 Å². The quantitative estimate of drug-likeness (QED) is 0.211. The Hall–Kier alpha value is -0.530. The largest absolute Gasteiger partial charge is 0.624 e. The SMILES string of the molecule is CCCCCC/[N+]([O-])=C(\C)CC1CCCCC1. The summed E-state index contributed by atoms with van der Waals surface area (Å²) in [7, 11) is 0. The predicted octanol–water partition coefficient (Wildman–Crippen LogP) is 4.51. The first-order valence-electron chi connectivity index (χ1n) is 7.51. The van der Waals surface area contributed by atoms with Crippen LogP contribution in [0.5, 0.6) is 0 Å². The van der Waals surface area contributed by atoms with Crippen molar-refractivity contribution < 1.29 is 4.74 Å². The molecule has 2 nitrogen and oxygen atoms in total. The monoisotopic (exact) mass is 239 g/mol. The molecule has 2 heteroatoms. The minimum Gasteiger partial charge on any atom is -0.624 e. The van der Waals surface area contributed by atoms with Crippen LogP contribution >= 0.6 is 0 Å². The Kier molecular flexibility index (Phi) is 7.30. The summed E-state index contributed by atoms with van der Waals surface area (Å²) in [6, 6.07) is 0. The van der Waals surface area contributed by atoms with Crippen LogP contribution in [0, 0.1) is 11.1 Å². The zero-order valence-corrected chi connectivity index (χ0v) is 11.7. The fourth-order valence-electron chi connectivity index (χ4n) is 2.78. The zero-order valence-electron chi connectivity index (χ0n) is 11.7. The molecule has 100 valence electrons. The molecule has 0 N–H and O–H groups in total. The van der Waals surface area contributed by atoms with Gasteiger partial charge in [-0.05, 0) is 25.2 Å². The summed E-state index contributed by atoms with van der Waals surface area (Å²) in [5, 5.41) is 11.9. The maximum Gasteiger partial charge on any atom is 0.160 e. The Morgan fingerprint density at radius 3 is 2.47 bits per heavy atom. The van der Waals surface area contributed by atoms with Crippen LogP contribution < -0.4 is 0 Å². The fourth-order valence-corrected chi connectivity index (χ4v) is 2.78. The van der Waals surface area contributed by atoms with E-state index < -0.39 is 0 Å². The van der Waals surface area contributed by atoms with Crippen molar-refractivity contribution in [1.29, 1.82) is 0 Å². The lowest BCUT2D eigenvalue weighted by Gasteiger charge is -2.21. The van der Waals surface area contributed by atoms with E-state index >= 15 is 0 Å². The molecule has 0 aromatic rings. The van der Waals surface area contributed by atoms with Gasteiger partial charge in [0.2, 0.25) is 0 Å². The summed E-state index contributed by atoms with van der Waals surface area (Å²) in [4.78, 5) is 0. The highest BCUT2D eigenvalue weighted by Gasteiger charge is 2.17. The van der Waals surface area contributed by atoms with Crippen LogP contribution in [0.2, 0.25) is 0 Å². The third kappa shape index (κ3) is 6.09. The Morgan fingerprint density at radius 1 is 1.12 bits per heavy atom. The van der Waals surface area contributed by atoms with Crippen molar-refractivity contribution in [3.8, 4) is 0 Å². The van der Waals surface area contributed by atoms with Crippen molar-refractivity contribution >= 4 is 5.71 Å². The van der Waals surface area contributed by atoms with Gasteiger partial charge in [-0.15, -0.1) is 0 Å². The van der Waals surface area contributed by atoms with E-state index in [-0.39, 0.29) is 0 Å². The summed E-state index contributed by atoms with van der Waals surface area (Å²) in [5.74, 6) is 0.788. The second kappa shape index (κ2) is 8.54. The van der Waals surface area contributed by atoms with Gasteiger partial charge in [0.05, 0.1) is 0 Å². The lowest BCUT2D eigenvalue weighted by Crippen LogP contribution is -2.19. The smallest absolute Gasteiger partial charge is 0.160 e. The number of unbranched alkanes of at least 4 members (excludes halogenated alkanes) is 3. The van der Waals surface area contributed by atoms with E-state index in [1.165, 1.54) is 56.1 Å². The second-order valence-electron chi connectivity index (χ2n) is 5.61. The van der Waals surface area contributed by atoms with E-state index in [9.17, 15) is 5.21 Å². The number of hydrogen-bond acceptors (Lipinski definition) is 1. The van der Waals surface area contributed by atoms with Gasteiger partial charge in [-0.3, -0.25) is 0 Å². The van der Waals surface area contributed by atoms with Gasteiger partial charge >= 0.3 is 0 Å². The summed E-state index contributed by atoms with van der Waals surface area (Å²) in [6.07, 6.45) is 12.6. The highest BCUT2D eigenvalue weighted by molar-refractivity contribution is 5.77. The first kappa shape index (κ1) is 14.5. The molecule has 0 radical (unpaired) electrons. The third-order valence-electron chi connectivity index (χ3n) is 3.95. The topological polar surface area (TPSA) is 26.1 Å². The maximum atomic E-state index is 11.9. The Morgan fingerprint density at radius 2 is 1.82 bits per heavy atom. The normalized spacial score (nSPS) is 19.2. The molecule has 0 unspecified atom stereocenters. The van der Waals surface area contributed by atoms with E-state index in [4.69, 9.17) is 0 Å². The number of rotatable bonds is 7. The lowest BCUT2D eigenvalue weighted by molar-refractivity contribution is -0.460. The van der Waals surface area contributed by atoms with Gasteiger partial charge < -0.3 is 5.21 Å². The molecule has 0 atom stereocenters. The Balaban J connectivity index is 2.24. The van der Waals surface area contributed by atoms with E-state index in [0.717, 1.165) is 24.5 Å². The van der Waals surface area contributed by atoms with Crippen molar-refractivity contribution in [1.82, 2.24) is 0 Å². The Bertz CT molecular complexity index is 229. The fraction of sp³-hybridized carbons (Fsp3) is 0.933. The van der Waals surface area contributed by atoms with Crippen LogP contribution in [0.3, 0.4) is 0 Å². The summed E-state index contributed by atoms with van der Waals surface area (Å²) in [6.45, 7) is 4.94. The second-order valence-corrected chi connectivity index (χ2v) is 5.61. The van der Waals surface area contributed by atoms with Crippen LogP contribution in [0.4, 0.5) is 0 Å². The van der Waals surface area contributed by atoms with Crippen LogP contribution in [0.25, 0.3) is 0 Å². The van der Waals surface area contributed by atoms with E-state index in [1.807, 2.05) is 6.92 Å². The third-order valence-corrected chi connectivity index (χ3v) is 3.95. The molecule has 0 bridgehead atoms. The van der Waals surface area contributed by atoms with Gasteiger partial charge in [0.1, 0.15) is 0 Å². The maximum absolute atomic E-state index is 11.9. The molecule has 0 saturated heterocycles. The molecule has 1 aliphatic rings. The molecule has 0 amide bonds. The van der Waals surface area contributed by atoms with Crippen LogP contribution in [0.15, 0.2) is 0 Å². The standard InChI is InChI=1S/C15H29NO/c1-3-4-5-9-12-16(17)14(2)13-15-10-7-6-8-11-15/h15H,3-13H2,1-2H3/b16-14-. The van der Waals surface area contributed by atoms with Gasteiger partial charge in [0.25, 0.3) is 0 Å². The molecule has 1 aliphatic carbocycles. The predicted molar refractivity (Wildman–Crippen MR) is 74.5 cm³/mol. The van der Waals surface area contributed by atoms with Crippen LogP contribution in [-0.2, 0) is 0 Å². The minimum atomic E-state index is 0.707. The summed E-state index contributed by atoms with van der Waals surface area (Å²) in [5.41, 5.74) is 1.06. The van der Waals surface area contributed by atoms with Crippen molar-refractivity contribution in [3.05, 3.63) is 5.21 Å². The van der Waals surface area contributed by atoms with Crippen molar-refractivity contribution in [3.63, 3.8) is 0 Å². The molecule has 0 aliphatic heterocycles. The number of nitrogens with zero attached hydrogens (tertiary/aromatic N) is 1. The van der Waals surface area contributed by atoms with Crippen LogP contribution in [0.1, 0.15) is 78.1 Å². The van der Waals surface area contributed by atoms with Gasteiger partial charge in [-0.2, -0.15) is 0 Å². The highest BCUT2D eigenvalue weighted by Crippen LogP contribution is 2.26. The summed E-state index contributed by atoms with van der Waals surface area (Å²) < 4.78 is 1.25. The van der Waals surface area contributed by atoms with Crippen LogP contribution in [-0.4, -0.2) is 17.0 Å². The average Bonchev–Trinajstić information content (AvgIpc) is 2.35. The Labute approximate surface area is 107 Å². The minimum absolute atomic E-state index is 0.707. The van der Waals surface area contributed by atoms with Gasteiger partial charge in [-0.25, -0.2) is 4.74 Å². The van der Waals surface area contributed by atoms with Crippen molar-refractivity contribution in [2.75, 3.05) is 6.54 Å². The molecular weight excluding hydrogens is 210 g/mol. The zero-order chi connectivity index (χ0) is 12.5. The summed E-state index contributed by atoms with van der Waals surface area (Å²) >= 11 is 0. The molecule has 1 rings (SSSR count). The molecular formula is C15H29NO. The number of hydroxylamine groups is 1. The van der Waals surface area contributed by atoms with Gasteiger partial charge in [0.15, 0.2) is 12.3 Å². The molecule has 0 aromatic carbocycles. The molecule has 1 saturated carbocycles. The van der Waals surface area contributed by atoms with Gasteiger partial charge in [0, 0.05) is 19.8 Å². The molecule has 0 aromatic heterocycles. The molecule has 1 fully saturated rings. The lowest BCUT2D eigenvalue weighted by atomic mass is 9.86. The molecule has 0 spiro atoms. The first-order valence-corrected chi connectivity index (χ1v) is 7.51. The molecule has 0 heterocycles. The van der Waals surface area contributed by atoms with Crippen molar-refractivity contribution in [2.45, 2.75) is 78.1 Å². The molecule has 17 heavy (non-hydrogen) atoms. The first-order chi connectivity index (χ1) is 8.24. The van der Waals surface area contributed by atoms with Crippen molar-refractivity contribution in [2.24, 2.45) is 5.92 Å². The van der Waals surface area contributed by atoms with E-state index in [1.54, 1.807) is 0 Å². The van der Waals surface area contributed by atoms with E-state index in [2.05, 4.69) is 6.92 Å². The number of hydrogen-bond donors (Lipinski definition) is 0. The highest BCUT2D eigenvalue weighted by atomic mass is 16.5. The van der Waals surface area contributed by atoms with Gasteiger partial charge in [-0.1, -0.05) is 39.0 Å². The average molecular weight is 239 g/mol.